The summed E-state index contributed by atoms with van der Waals surface area (Å²) >= 11 is 0. The number of benzene rings is 2. The second-order valence-electron chi connectivity index (χ2n) is 8.92. The molecule has 3 rings (SSSR count). The van der Waals surface area contributed by atoms with E-state index < -0.39 is 23.8 Å². The molecule has 0 fully saturated rings. The summed E-state index contributed by atoms with van der Waals surface area (Å²) in [7, 11) is 1.80. The Morgan fingerprint density at radius 1 is 1.06 bits per heavy atom. The minimum absolute atomic E-state index is 0.0148. The van der Waals surface area contributed by atoms with Crippen LogP contribution in [-0.4, -0.2) is 27.4 Å². The first-order chi connectivity index (χ1) is 15.1. The van der Waals surface area contributed by atoms with Gasteiger partial charge in [-0.15, -0.1) is 0 Å². The minimum Gasteiger partial charge on any atom is -0.341 e. The maximum absolute atomic E-state index is 13.8. The van der Waals surface area contributed by atoms with Crippen LogP contribution in [0.5, 0.6) is 0 Å². The van der Waals surface area contributed by atoms with Gasteiger partial charge < -0.3 is 15.2 Å². The number of hydrogen-bond acceptors (Lipinski definition) is 3. The van der Waals surface area contributed by atoms with E-state index in [2.05, 4.69) is 36.4 Å². The van der Waals surface area contributed by atoms with Crippen molar-refractivity contribution in [2.45, 2.75) is 45.2 Å². The van der Waals surface area contributed by atoms with Crippen LogP contribution in [0.3, 0.4) is 0 Å². The molecule has 2 N–H and O–H groups in total. The number of carbonyl (C=O) groups is 2. The zero-order chi connectivity index (χ0) is 23.5. The van der Waals surface area contributed by atoms with E-state index in [1.54, 1.807) is 55.2 Å². The fourth-order valence-electron chi connectivity index (χ4n) is 3.37. The quantitative estimate of drug-likeness (QED) is 0.616. The summed E-state index contributed by atoms with van der Waals surface area (Å²) in [5, 5.41) is 5.62. The molecule has 0 aliphatic heterocycles. The fourth-order valence-corrected chi connectivity index (χ4v) is 3.37. The fraction of sp³-hybridized carbons (Fsp3) is 0.320. The van der Waals surface area contributed by atoms with Gasteiger partial charge >= 0.3 is 0 Å². The lowest BCUT2D eigenvalue weighted by molar-refractivity contribution is -0.123. The van der Waals surface area contributed by atoms with Crippen molar-refractivity contribution in [1.82, 2.24) is 20.2 Å². The third-order valence-corrected chi connectivity index (χ3v) is 5.34. The van der Waals surface area contributed by atoms with Crippen LogP contribution in [0.4, 0.5) is 4.39 Å². The Morgan fingerprint density at radius 2 is 1.75 bits per heavy atom. The lowest BCUT2D eigenvalue weighted by Crippen LogP contribution is -2.46. The van der Waals surface area contributed by atoms with Crippen LogP contribution < -0.4 is 10.6 Å². The zero-order valence-electron chi connectivity index (χ0n) is 19.0. The molecule has 32 heavy (non-hydrogen) atoms. The highest BCUT2D eigenvalue weighted by Crippen LogP contribution is 2.23. The molecule has 6 nitrogen and oxygen atoms in total. The lowest BCUT2D eigenvalue weighted by atomic mass is 9.86. The molecule has 0 aliphatic rings. The third kappa shape index (κ3) is 5.41. The van der Waals surface area contributed by atoms with Crippen molar-refractivity contribution in [1.29, 1.82) is 0 Å². The number of hydrogen-bond donors (Lipinski definition) is 2. The Bertz CT molecular complexity index is 1100. The first kappa shape index (κ1) is 23.2. The molecule has 0 aliphatic carbocycles. The second-order valence-corrected chi connectivity index (χ2v) is 8.92. The summed E-state index contributed by atoms with van der Waals surface area (Å²) in [6.45, 7) is 7.92. The third-order valence-electron chi connectivity index (χ3n) is 5.34. The smallest absolute Gasteiger partial charge is 0.251 e. The maximum atomic E-state index is 13.8. The number of amides is 2. The summed E-state index contributed by atoms with van der Waals surface area (Å²) in [5.41, 5.74) is 2.14. The number of nitrogens with zero attached hydrogens (tertiary/aromatic N) is 2. The molecule has 0 radical (unpaired) electrons. The molecule has 0 saturated carbocycles. The summed E-state index contributed by atoms with van der Waals surface area (Å²) in [4.78, 5) is 29.9. The van der Waals surface area contributed by atoms with Crippen molar-refractivity contribution < 1.29 is 14.0 Å². The predicted octanol–water partition coefficient (Wildman–Crippen LogP) is 3.88. The van der Waals surface area contributed by atoms with Crippen molar-refractivity contribution >= 4 is 11.8 Å². The highest BCUT2D eigenvalue weighted by molar-refractivity contribution is 5.97. The first-order valence-corrected chi connectivity index (χ1v) is 10.5. The molecule has 0 spiro atoms. The predicted molar refractivity (Wildman–Crippen MR) is 122 cm³/mol. The summed E-state index contributed by atoms with van der Waals surface area (Å²) in [6.07, 6.45) is 3.36. The minimum atomic E-state index is -0.805. The Balaban J connectivity index is 1.73. The Morgan fingerprint density at radius 3 is 2.31 bits per heavy atom. The second kappa shape index (κ2) is 9.34. The Labute approximate surface area is 187 Å². The van der Waals surface area contributed by atoms with Crippen LogP contribution in [0.2, 0.25) is 0 Å². The average molecular weight is 437 g/mol. The number of carbonyl (C=O) groups excluding carboxylic acids is 2. The van der Waals surface area contributed by atoms with E-state index in [1.807, 2.05) is 12.1 Å². The normalized spacial score (nSPS) is 13.3. The van der Waals surface area contributed by atoms with Gasteiger partial charge in [-0.3, -0.25) is 9.59 Å². The average Bonchev–Trinajstić information content (AvgIpc) is 3.16. The van der Waals surface area contributed by atoms with Crippen molar-refractivity contribution in [2.24, 2.45) is 7.05 Å². The molecule has 1 aromatic heterocycles. The van der Waals surface area contributed by atoms with E-state index in [0.29, 0.717) is 17.0 Å². The van der Waals surface area contributed by atoms with Crippen molar-refractivity contribution in [3.8, 4) is 0 Å². The van der Waals surface area contributed by atoms with E-state index in [0.717, 1.165) is 5.56 Å². The topological polar surface area (TPSA) is 76.0 Å². The number of nitrogens with one attached hydrogen (secondary N) is 2. The highest BCUT2D eigenvalue weighted by atomic mass is 19.1. The number of rotatable bonds is 6. The summed E-state index contributed by atoms with van der Waals surface area (Å²) in [5.74, 6) is -0.592. The van der Waals surface area contributed by atoms with Crippen LogP contribution >= 0.6 is 0 Å². The Hall–Kier alpha value is -3.48. The van der Waals surface area contributed by atoms with Crippen LogP contribution in [-0.2, 0) is 17.3 Å². The van der Waals surface area contributed by atoms with Crippen LogP contribution in [0.15, 0.2) is 60.9 Å². The monoisotopic (exact) mass is 436 g/mol. The van der Waals surface area contributed by atoms with Gasteiger partial charge in [-0.05, 0) is 47.7 Å². The first-order valence-electron chi connectivity index (χ1n) is 10.5. The van der Waals surface area contributed by atoms with Gasteiger partial charge in [0.25, 0.3) is 5.91 Å². The molecule has 168 valence electrons. The van der Waals surface area contributed by atoms with Crippen molar-refractivity contribution in [3.63, 3.8) is 0 Å². The number of aromatic nitrogens is 2. The highest BCUT2D eigenvalue weighted by Gasteiger charge is 2.25. The molecule has 2 atom stereocenters. The van der Waals surface area contributed by atoms with E-state index in [9.17, 15) is 14.0 Å². The largest absolute Gasteiger partial charge is 0.341 e. The summed E-state index contributed by atoms with van der Waals surface area (Å²) in [6, 6.07) is 11.9. The van der Waals surface area contributed by atoms with Gasteiger partial charge in [0.15, 0.2) is 0 Å². The van der Waals surface area contributed by atoms with Crippen molar-refractivity contribution in [3.05, 3.63) is 89.3 Å². The van der Waals surface area contributed by atoms with E-state index in [-0.39, 0.29) is 11.3 Å². The molecular formula is C25H29FN4O2. The maximum Gasteiger partial charge on any atom is 0.251 e. The van der Waals surface area contributed by atoms with Crippen molar-refractivity contribution in [2.75, 3.05) is 0 Å². The molecule has 3 aromatic rings. The molecule has 2 unspecified atom stereocenters. The van der Waals surface area contributed by atoms with Gasteiger partial charge in [0.05, 0.1) is 0 Å². The standard InChI is InChI=1S/C25H29FN4O2/c1-16(28-24(32)17-9-11-19(12-10-17)25(2,3)4)23(31)29-21(22-27-13-14-30(22)5)18-7-6-8-20(26)15-18/h6-16,21H,1-5H3,(H,28,32)(H,29,31). The molecule has 1 heterocycles. The molecule has 0 bridgehead atoms. The van der Waals surface area contributed by atoms with E-state index >= 15 is 0 Å². The van der Waals surface area contributed by atoms with E-state index in [1.165, 1.54) is 12.1 Å². The van der Waals surface area contributed by atoms with Gasteiger partial charge in [-0.2, -0.15) is 0 Å². The van der Waals surface area contributed by atoms with Gasteiger partial charge in [0.2, 0.25) is 5.91 Å². The number of aryl methyl sites for hydroxylation is 1. The Kier molecular flexibility index (Phi) is 6.77. The molecule has 2 aromatic carbocycles. The van der Waals surface area contributed by atoms with Crippen LogP contribution in [0.1, 0.15) is 61.0 Å². The van der Waals surface area contributed by atoms with E-state index in [4.69, 9.17) is 0 Å². The molecule has 2 amide bonds. The molecular weight excluding hydrogens is 407 g/mol. The number of imidazole rings is 1. The molecule has 0 saturated heterocycles. The lowest BCUT2D eigenvalue weighted by Gasteiger charge is -2.22. The number of halogens is 1. The van der Waals surface area contributed by atoms with Crippen LogP contribution in [0.25, 0.3) is 0 Å². The summed E-state index contributed by atoms with van der Waals surface area (Å²) < 4.78 is 15.6. The van der Waals surface area contributed by atoms with Gasteiger partial charge in [0.1, 0.15) is 23.7 Å². The van der Waals surface area contributed by atoms with Crippen LogP contribution in [0, 0.1) is 5.82 Å². The molecule has 7 heteroatoms. The van der Waals surface area contributed by atoms with Gasteiger partial charge in [-0.25, -0.2) is 9.37 Å². The zero-order valence-corrected chi connectivity index (χ0v) is 19.0. The van der Waals surface area contributed by atoms with Gasteiger partial charge in [0, 0.05) is 25.0 Å². The van der Waals surface area contributed by atoms with Gasteiger partial charge in [-0.1, -0.05) is 45.0 Å². The SMILES string of the molecule is CC(NC(=O)c1ccc(C(C)(C)C)cc1)C(=O)NC(c1cccc(F)c1)c1nccn1C.